The molecule has 3 heterocycles. The van der Waals surface area contributed by atoms with E-state index >= 15 is 0 Å². The monoisotopic (exact) mass is 343 g/mol. The molecule has 8 nitrogen and oxygen atoms in total. The first kappa shape index (κ1) is 15.7. The Labute approximate surface area is 145 Å². The molecule has 1 saturated heterocycles. The Morgan fingerprint density at radius 3 is 3.00 bits per heavy atom. The Morgan fingerprint density at radius 2 is 2.20 bits per heavy atom. The number of nitrogens with zero attached hydrogens (tertiary/aromatic N) is 4. The van der Waals surface area contributed by atoms with Crippen molar-refractivity contribution in [2.75, 3.05) is 13.3 Å². The van der Waals surface area contributed by atoms with Crippen LogP contribution in [0.3, 0.4) is 0 Å². The predicted octanol–water partition coefficient (Wildman–Crippen LogP) is 2.15. The maximum atomic E-state index is 12.8. The minimum absolute atomic E-state index is 0.0428. The highest BCUT2D eigenvalue weighted by Crippen LogP contribution is 2.38. The summed E-state index contributed by atoms with van der Waals surface area (Å²) in [4.78, 5) is 14.7. The molecule has 1 aromatic heterocycles. The van der Waals surface area contributed by atoms with Crippen molar-refractivity contribution in [1.82, 2.24) is 25.0 Å². The number of carbonyl (C=O) groups excluding carboxylic acids is 1. The molecule has 132 valence electrons. The fraction of sp³-hybridized carbons (Fsp3) is 0.471. The highest BCUT2D eigenvalue weighted by molar-refractivity contribution is 5.75. The summed E-state index contributed by atoms with van der Waals surface area (Å²) >= 11 is 0. The lowest BCUT2D eigenvalue weighted by Crippen LogP contribution is -2.41. The third-order valence-electron chi connectivity index (χ3n) is 4.77. The Hall–Kier alpha value is -2.77. The van der Waals surface area contributed by atoms with Gasteiger partial charge < -0.3 is 24.3 Å². The fourth-order valence-corrected chi connectivity index (χ4v) is 3.49. The average molecular weight is 343 g/mol. The second kappa shape index (κ2) is 6.27. The maximum absolute atomic E-state index is 12.8. The molecule has 0 saturated carbocycles. The molecule has 0 radical (unpaired) electrons. The summed E-state index contributed by atoms with van der Waals surface area (Å²) < 4.78 is 12.6. The number of ether oxygens (including phenoxy) is 2. The zero-order chi connectivity index (χ0) is 17.4. The van der Waals surface area contributed by atoms with E-state index in [0.717, 1.165) is 42.3 Å². The second-order valence-electron chi connectivity index (χ2n) is 6.44. The predicted molar refractivity (Wildman–Crippen MR) is 89.2 cm³/mol. The molecule has 2 aliphatic rings. The van der Waals surface area contributed by atoms with Gasteiger partial charge in [-0.25, -0.2) is 4.79 Å². The number of fused-ring (bicyclic) bond motifs is 1. The number of carbonyl (C=O) groups is 1. The van der Waals surface area contributed by atoms with Crippen LogP contribution in [0.1, 0.15) is 43.2 Å². The average Bonchev–Trinajstić information content (AvgIpc) is 3.33. The lowest BCUT2D eigenvalue weighted by molar-refractivity contribution is 0.173. The van der Waals surface area contributed by atoms with Crippen molar-refractivity contribution in [3.8, 4) is 11.5 Å². The van der Waals surface area contributed by atoms with Crippen molar-refractivity contribution < 1.29 is 14.3 Å². The van der Waals surface area contributed by atoms with Crippen LogP contribution in [0.15, 0.2) is 24.5 Å². The number of rotatable bonds is 3. The smallest absolute Gasteiger partial charge is 0.318 e. The number of aryl methyl sites for hydroxylation is 1. The number of nitrogens with one attached hydrogen (secondary N) is 1. The summed E-state index contributed by atoms with van der Waals surface area (Å²) in [5.74, 6) is 2.23. The number of hydrogen-bond donors (Lipinski definition) is 1. The zero-order valence-electron chi connectivity index (χ0n) is 14.3. The van der Waals surface area contributed by atoms with Crippen molar-refractivity contribution in [2.24, 2.45) is 7.05 Å². The zero-order valence-corrected chi connectivity index (χ0v) is 14.3. The highest BCUT2D eigenvalue weighted by Gasteiger charge is 2.32. The third-order valence-corrected chi connectivity index (χ3v) is 4.77. The van der Waals surface area contributed by atoms with E-state index in [2.05, 4.69) is 15.5 Å². The quantitative estimate of drug-likeness (QED) is 0.923. The standard InChI is InChI=1S/C17H21N5O3/c1-11(16-20-18-9-21(16)2)19-17(23)22-7-3-4-13(22)12-5-6-14-15(8-12)25-10-24-14/h5-6,8-9,11,13H,3-4,7,10H2,1-2H3,(H,19,23)/t11-,13+/m0/s1. The minimum Gasteiger partial charge on any atom is -0.454 e. The second-order valence-corrected chi connectivity index (χ2v) is 6.44. The molecule has 25 heavy (non-hydrogen) atoms. The highest BCUT2D eigenvalue weighted by atomic mass is 16.7. The SMILES string of the molecule is C[C@H](NC(=O)N1CCC[C@@H]1c1ccc2c(c1)OCO2)c1nncn1C. The van der Waals surface area contributed by atoms with Gasteiger partial charge in [-0.05, 0) is 37.5 Å². The molecule has 1 N–H and O–H groups in total. The topological polar surface area (TPSA) is 81.5 Å². The van der Waals surface area contributed by atoms with E-state index in [0.29, 0.717) is 0 Å². The van der Waals surface area contributed by atoms with Crippen LogP contribution >= 0.6 is 0 Å². The van der Waals surface area contributed by atoms with Crippen LogP contribution in [0.5, 0.6) is 11.5 Å². The van der Waals surface area contributed by atoms with Crippen molar-refractivity contribution in [3.05, 3.63) is 35.9 Å². The Morgan fingerprint density at radius 1 is 1.36 bits per heavy atom. The number of hydrogen-bond acceptors (Lipinski definition) is 5. The summed E-state index contributed by atoms with van der Waals surface area (Å²) in [5.41, 5.74) is 1.07. The number of likely N-dealkylation sites (tertiary alicyclic amines) is 1. The van der Waals surface area contributed by atoms with Gasteiger partial charge in [0, 0.05) is 13.6 Å². The van der Waals surface area contributed by atoms with Gasteiger partial charge in [0.25, 0.3) is 0 Å². The molecule has 2 atom stereocenters. The van der Waals surface area contributed by atoms with Gasteiger partial charge in [-0.15, -0.1) is 10.2 Å². The van der Waals surface area contributed by atoms with Gasteiger partial charge in [0.05, 0.1) is 12.1 Å². The number of amides is 2. The molecule has 2 aliphatic heterocycles. The van der Waals surface area contributed by atoms with E-state index in [1.807, 2.05) is 41.6 Å². The number of benzene rings is 1. The fourth-order valence-electron chi connectivity index (χ4n) is 3.49. The van der Waals surface area contributed by atoms with Crippen molar-refractivity contribution in [1.29, 1.82) is 0 Å². The van der Waals surface area contributed by atoms with Crippen LogP contribution in [0.25, 0.3) is 0 Å². The molecule has 0 bridgehead atoms. The summed E-state index contributed by atoms with van der Waals surface area (Å²) in [6.07, 6.45) is 3.54. The van der Waals surface area contributed by atoms with Gasteiger partial charge >= 0.3 is 6.03 Å². The molecule has 8 heteroatoms. The van der Waals surface area contributed by atoms with Crippen LogP contribution in [-0.4, -0.2) is 39.0 Å². The molecule has 4 rings (SSSR count). The molecule has 0 aliphatic carbocycles. The summed E-state index contributed by atoms with van der Waals surface area (Å²) in [6.45, 7) is 2.90. The van der Waals surface area contributed by atoms with Gasteiger partial charge in [-0.1, -0.05) is 6.07 Å². The van der Waals surface area contributed by atoms with Crippen molar-refractivity contribution in [2.45, 2.75) is 31.8 Å². The van der Waals surface area contributed by atoms with E-state index in [9.17, 15) is 4.79 Å². The van der Waals surface area contributed by atoms with Crippen LogP contribution < -0.4 is 14.8 Å². The van der Waals surface area contributed by atoms with E-state index in [-0.39, 0.29) is 24.9 Å². The van der Waals surface area contributed by atoms with Crippen LogP contribution in [0.4, 0.5) is 4.79 Å². The van der Waals surface area contributed by atoms with E-state index < -0.39 is 0 Å². The van der Waals surface area contributed by atoms with Gasteiger partial charge in [0.1, 0.15) is 6.33 Å². The lowest BCUT2D eigenvalue weighted by atomic mass is 10.0. The van der Waals surface area contributed by atoms with Crippen molar-refractivity contribution >= 4 is 6.03 Å². The minimum atomic E-state index is -0.210. The first-order valence-electron chi connectivity index (χ1n) is 8.44. The summed E-state index contributed by atoms with van der Waals surface area (Å²) in [6, 6.07) is 5.64. The Kier molecular flexibility index (Phi) is 3.95. The Bertz CT molecular complexity index is 790. The van der Waals surface area contributed by atoms with Crippen LogP contribution in [0.2, 0.25) is 0 Å². The molecule has 2 amide bonds. The molecule has 1 fully saturated rings. The van der Waals surface area contributed by atoms with Gasteiger partial charge in [0.15, 0.2) is 17.3 Å². The Balaban J connectivity index is 1.49. The van der Waals surface area contributed by atoms with Gasteiger partial charge in [-0.3, -0.25) is 0 Å². The molecule has 0 unspecified atom stereocenters. The third kappa shape index (κ3) is 2.88. The molecule has 0 spiro atoms. The maximum Gasteiger partial charge on any atom is 0.318 e. The lowest BCUT2D eigenvalue weighted by Gasteiger charge is -2.27. The largest absolute Gasteiger partial charge is 0.454 e. The van der Waals surface area contributed by atoms with Crippen molar-refractivity contribution in [3.63, 3.8) is 0 Å². The molecule has 2 aromatic rings. The number of aromatic nitrogens is 3. The molecule has 1 aromatic carbocycles. The van der Waals surface area contributed by atoms with Crippen LogP contribution in [0, 0.1) is 0 Å². The van der Waals surface area contributed by atoms with E-state index in [1.54, 1.807) is 6.33 Å². The van der Waals surface area contributed by atoms with Gasteiger partial charge in [-0.2, -0.15) is 0 Å². The summed E-state index contributed by atoms with van der Waals surface area (Å²) in [7, 11) is 1.86. The summed E-state index contributed by atoms with van der Waals surface area (Å²) in [5, 5.41) is 11.0. The first-order chi connectivity index (χ1) is 12.1. The number of urea groups is 1. The van der Waals surface area contributed by atoms with E-state index in [1.165, 1.54) is 0 Å². The normalized spacial score (nSPS) is 19.9. The molecular formula is C17H21N5O3. The van der Waals surface area contributed by atoms with Crippen LogP contribution in [-0.2, 0) is 7.05 Å². The molecular weight excluding hydrogens is 322 g/mol. The van der Waals surface area contributed by atoms with Gasteiger partial charge in [0.2, 0.25) is 6.79 Å². The first-order valence-corrected chi connectivity index (χ1v) is 8.44. The van der Waals surface area contributed by atoms with E-state index in [4.69, 9.17) is 9.47 Å².